The van der Waals surface area contributed by atoms with Crippen molar-refractivity contribution in [2.45, 2.75) is 33.7 Å². The number of nitrogens with one attached hydrogen (secondary N) is 3. The molecule has 0 saturated heterocycles. The summed E-state index contributed by atoms with van der Waals surface area (Å²) in [5, 5.41) is 9.80. The second-order valence-corrected chi connectivity index (χ2v) is 7.31. The van der Waals surface area contributed by atoms with Crippen LogP contribution in [0.3, 0.4) is 0 Å². The molecule has 1 atom stereocenters. The van der Waals surface area contributed by atoms with Crippen molar-refractivity contribution in [3.8, 4) is 5.75 Å². The Labute approximate surface area is 171 Å². The number of hydrogen-bond acceptors (Lipinski definition) is 3. The van der Waals surface area contributed by atoms with Gasteiger partial charge >= 0.3 is 0 Å². The van der Waals surface area contributed by atoms with Gasteiger partial charge in [0.1, 0.15) is 5.75 Å². The minimum atomic E-state index is -0.338. The van der Waals surface area contributed by atoms with Gasteiger partial charge in [-0.15, -0.1) is 0 Å². The summed E-state index contributed by atoms with van der Waals surface area (Å²) < 4.78 is 5.52. The maximum absolute atomic E-state index is 13.1. The van der Waals surface area contributed by atoms with Gasteiger partial charge in [-0.1, -0.05) is 18.2 Å². The fourth-order valence-corrected chi connectivity index (χ4v) is 3.68. The molecule has 2 aromatic rings. The van der Waals surface area contributed by atoms with E-state index in [1.807, 2.05) is 64.1 Å². The molecule has 2 aromatic carbocycles. The van der Waals surface area contributed by atoms with Crippen LogP contribution in [0.4, 0.5) is 5.69 Å². The van der Waals surface area contributed by atoms with E-state index in [9.17, 15) is 4.79 Å². The lowest BCUT2D eigenvalue weighted by Crippen LogP contribution is -2.45. The van der Waals surface area contributed by atoms with Crippen molar-refractivity contribution in [1.82, 2.24) is 10.6 Å². The van der Waals surface area contributed by atoms with E-state index in [1.54, 1.807) is 0 Å². The molecule has 0 spiro atoms. The van der Waals surface area contributed by atoms with Crippen LogP contribution >= 0.6 is 12.2 Å². The highest BCUT2D eigenvalue weighted by Crippen LogP contribution is 2.29. The van der Waals surface area contributed by atoms with Gasteiger partial charge in [0.15, 0.2) is 5.11 Å². The molecule has 0 bridgehead atoms. The van der Waals surface area contributed by atoms with Crippen LogP contribution in [0.5, 0.6) is 5.75 Å². The Hall–Kier alpha value is -2.86. The second-order valence-electron chi connectivity index (χ2n) is 6.90. The van der Waals surface area contributed by atoms with Gasteiger partial charge < -0.3 is 20.7 Å². The Bertz CT molecular complexity index is 915. The van der Waals surface area contributed by atoms with E-state index in [2.05, 4.69) is 22.0 Å². The second kappa shape index (κ2) is 8.44. The first-order valence-electron chi connectivity index (χ1n) is 9.28. The van der Waals surface area contributed by atoms with Gasteiger partial charge in [0.2, 0.25) is 0 Å². The van der Waals surface area contributed by atoms with Crippen molar-refractivity contribution >= 4 is 28.9 Å². The molecule has 0 radical (unpaired) electrons. The standard InChI is InChI=1S/C22H25N3O2S/c1-5-27-18-8-6-16(7-9-18)20-19(15(4)23-22(28)25-20)21(26)24-17-11-13(2)10-14(3)12-17/h6-12,20H,5H2,1-4H3,(H,24,26)(H2,23,25,28). The number of carbonyl (C=O) groups is 1. The molecule has 0 fully saturated rings. The molecule has 6 heteroatoms. The number of allylic oxidation sites excluding steroid dienone is 1. The third kappa shape index (κ3) is 4.51. The van der Waals surface area contributed by atoms with Crippen molar-refractivity contribution in [3.05, 3.63) is 70.4 Å². The van der Waals surface area contributed by atoms with Crippen LogP contribution in [0.2, 0.25) is 0 Å². The first kappa shape index (κ1) is 19.9. The van der Waals surface area contributed by atoms with Crippen LogP contribution in [0.25, 0.3) is 0 Å². The molecule has 1 unspecified atom stereocenters. The van der Waals surface area contributed by atoms with Gasteiger partial charge in [-0.2, -0.15) is 0 Å². The SMILES string of the molecule is CCOc1ccc(C2NC(=S)NC(C)=C2C(=O)Nc2cc(C)cc(C)c2)cc1. The number of ether oxygens (including phenoxy) is 1. The van der Waals surface area contributed by atoms with Gasteiger partial charge in [-0.3, -0.25) is 4.79 Å². The van der Waals surface area contributed by atoms with Gasteiger partial charge in [-0.25, -0.2) is 0 Å². The van der Waals surface area contributed by atoms with E-state index in [1.165, 1.54) is 0 Å². The number of amides is 1. The third-order valence-corrected chi connectivity index (χ3v) is 4.74. The summed E-state index contributed by atoms with van der Waals surface area (Å²) in [7, 11) is 0. The molecule has 3 rings (SSSR count). The fraction of sp³-hybridized carbons (Fsp3) is 0.273. The number of aryl methyl sites for hydroxylation is 2. The molecule has 1 aliphatic heterocycles. The molecule has 0 aromatic heterocycles. The highest BCUT2D eigenvalue weighted by atomic mass is 32.1. The Kier molecular flexibility index (Phi) is 5.99. The first-order chi connectivity index (χ1) is 13.4. The van der Waals surface area contributed by atoms with Crippen molar-refractivity contribution in [2.75, 3.05) is 11.9 Å². The smallest absolute Gasteiger partial charge is 0.255 e. The number of rotatable bonds is 5. The summed E-state index contributed by atoms with van der Waals surface area (Å²) in [4.78, 5) is 13.1. The summed E-state index contributed by atoms with van der Waals surface area (Å²) in [5.74, 6) is 0.633. The topological polar surface area (TPSA) is 62.4 Å². The lowest BCUT2D eigenvalue weighted by molar-refractivity contribution is -0.113. The molecule has 1 aliphatic rings. The highest BCUT2D eigenvalue weighted by Gasteiger charge is 2.30. The highest BCUT2D eigenvalue weighted by molar-refractivity contribution is 7.80. The van der Waals surface area contributed by atoms with Crippen LogP contribution in [-0.2, 0) is 4.79 Å². The van der Waals surface area contributed by atoms with Crippen LogP contribution in [0.1, 0.15) is 36.6 Å². The maximum Gasteiger partial charge on any atom is 0.255 e. The molecule has 1 heterocycles. The van der Waals surface area contributed by atoms with Gasteiger partial charge in [0.25, 0.3) is 5.91 Å². The predicted octanol–water partition coefficient (Wildman–Crippen LogP) is 4.13. The van der Waals surface area contributed by atoms with Crippen LogP contribution in [-0.4, -0.2) is 17.6 Å². The molecule has 28 heavy (non-hydrogen) atoms. The van der Waals surface area contributed by atoms with Crippen molar-refractivity contribution in [1.29, 1.82) is 0 Å². The number of anilines is 1. The van der Waals surface area contributed by atoms with E-state index in [0.717, 1.165) is 33.8 Å². The van der Waals surface area contributed by atoms with E-state index in [4.69, 9.17) is 17.0 Å². The normalized spacial score (nSPS) is 16.3. The minimum Gasteiger partial charge on any atom is -0.494 e. The summed E-state index contributed by atoms with van der Waals surface area (Å²) >= 11 is 5.32. The molecule has 1 amide bonds. The molecule has 0 aliphatic carbocycles. The van der Waals surface area contributed by atoms with Crippen LogP contribution in [0, 0.1) is 13.8 Å². The quantitative estimate of drug-likeness (QED) is 0.665. The zero-order valence-corrected chi connectivity index (χ0v) is 17.4. The Morgan fingerprint density at radius 2 is 1.75 bits per heavy atom. The molecule has 5 nitrogen and oxygen atoms in total. The van der Waals surface area contributed by atoms with Crippen LogP contribution < -0.4 is 20.7 Å². The predicted molar refractivity (Wildman–Crippen MR) is 116 cm³/mol. The Morgan fingerprint density at radius 3 is 2.36 bits per heavy atom. The van der Waals surface area contributed by atoms with Gasteiger partial charge in [-0.05, 0) is 80.9 Å². The van der Waals surface area contributed by atoms with Crippen LogP contribution in [0.15, 0.2) is 53.7 Å². The van der Waals surface area contributed by atoms with E-state index in [-0.39, 0.29) is 11.9 Å². The summed E-state index contributed by atoms with van der Waals surface area (Å²) in [6, 6.07) is 13.4. The van der Waals surface area contributed by atoms with Gasteiger partial charge in [0.05, 0.1) is 18.2 Å². The number of hydrogen-bond donors (Lipinski definition) is 3. The number of benzene rings is 2. The van der Waals surface area contributed by atoms with E-state index in [0.29, 0.717) is 17.3 Å². The number of thiocarbonyl (C=S) groups is 1. The molecule has 0 saturated carbocycles. The zero-order valence-electron chi connectivity index (χ0n) is 16.6. The first-order valence-corrected chi connectivity index (χ1v) is 9.69. The molecule has 3 N–H and O–H groups in total. The Morgan fingerprint density at radius 1 is 1.11 bits per heavy atom. The average Bonchev–Trinajstić information content (AvgIpc) is 2.61. The summed E-state index contributed by atoms with van der Waals surface area (Å²) in [5.41, 5.74) is 5.27. The summed E-state index contributed by atoms with van der Waals surface area (Å²) in [6.07, 6.45) is 0. The zero-order chi connectivity index (χ0) is 20.3. The Balaban J connectivity index is 1.91. The molecular weight excluding hydrogens is 370 g/mol. The lowest BCUT2D eigenvalue weighted by Gasteiger charge is -2.30. The lowest BCUT2D eigenvalue weighted by atomic mass is 9.94. The van der Waals surface area contributed by atoms with Crippen molar-refractivity contribution in [2.24, 2.45) is 0 Å². The molecule has 146 valence electrons. The largest absolute Gasteiger partial charge is 0.494 e. The monoisotopic (exact) mass is 395 g/mol. The van der Waals surface area contributed by atoms with E-state index >= 15 is 0 Å². The van der Waals surface area contributed by atoms with Gasteiger partial charge in [0, 0.05) is 11.4 Å². The average molecular weight is 396 g/mol. The minimum absolute atomic E-state index is 0.163. The van der Waals surface area contributed by atoms with Crippen molar-refractivity contribution in [3.63, 3.8) is 0 Å². The molecular formula is C22H25N3O2S. The summed E-state index contributed by atoms with van der Waals surface area (Å²) in [6.45, 7) is 8.45. The third-order valence-electron chi connectivity index (χ3n) is 4.52. The van der Waals surface area contributed by atoms with E-state index < -0.39 is 0 Å². The van der Waals surface area contributed by atoms with Crippen molar-refractivity contribution < 1.29 is 9.53 Å². The number of carbonyl (C=O) groups excluding carboxylic acids is 1. The maximum atomic E-state index is 13.1. The fourth-order valence-electron chi connectivity index (χ4n) is 3.41.